The summed E-state index contributed by atoms with van der Waals surface area (Å²) in [6, 6.07) is 0. The molecule has 0 amide bonds. The molecule has 1 atom stereocenters. The predicted octanol–water partition coefficient (Wildman–Crippen LogP) is 4.07. The number of hydrogen-bond acceptors (Lipinski definition) is 2. The third-order valence-corrected chi connectivity index (χ3v) is 5.18. The Hall–Kier alpha value is 0.500. The summed E-state index contributed by atoms with van der Waals surface area (Å²) in [4.78, 5) is 5.00. The zero-order chi connectivity index (χ0) is 13.0. The molecule has 1 aliphatic heterocycles. The summed E-state index contributed by atoms with van der Waals surface area (Å²) in [6.45, 7) is 7.73. The van der Waals surface area contributed by atoms with Gasteiger partial charge in [-0.3, -0.25) is 0 Å². The topological polar surface area (TPSA) is 6.48 Å². The lowest BCUT2D eigenvalue weighted by Crippen LogP contribution is -2.42. The fourth-order valence-corrected chi connectivity index (χ4v) is 4.08. The molecule has 1 saturated heterocycles. The second kappa shape index (κ2) is 9.50. The van der Waals surface area contributed by atoms with Crippen molar-refractivity contribution in [3.63, 3.8) is 0 Å². The van der Waals surface area contributed by atoms with E-state index in [1.807, 2.05) is 0 Å². The zero-order valence-electron chi connectivity index (χ0n) is 13.6. The van der Waals surface area contributed by atoms with Gasteiger partial charge in [0.15, 0.2) is 0 Å². The van der Waals surface area contributed by atoms with Crippen molar-refractivity contribution in [3.8, 4) is 0 Å². The zero-order valence-corrected chi connectivity index (χ0v) is 15.2. The molecule has 0 aromatic rings. The molecule has 1 aliphatic carbocycles. The Morgan fingerprint density at radius 2 is 1.75 bits per heavy atom. The highest BCUT2D eigenvalue weighted by atomic mass is 35.5. The number of halogens is 2. The van der Waals surface area contributed by atoms with Crippen LogP contribution in [0.25, 0.3) is 0 Å². The number of nitrogens with zero attached hydrogens (tertiary/aromatic N) is 2. The van der Waals surface area contributed by atoms with Gasteiger partial charge in [-0.15, -0.1) is 24.8 Å². The van der Waals surface area contributed by atoms with E-state index in [1.54, 1.807) is 0 Å². The summed E-state index contributed by atoms with van der Waals surface area (Å²) in [6.07, 6.45) is 10.3. The van der Waals surface area contributed by atoms with Crippen LogP contribution in [0.1, 0.15) is 51.9 Å². The molecule has 1 unspecified atom stereocenters. The molecule has 0 aromatic heterocycles. The van der Waals surface area contributed by atoms with Crippen molar-refractivity contribution in [2.24, 2.45) is 11.3 Å². The fourth-order valence-electron chi connectivity index (χ4n) is 4.08. The van der Waals surface area contributed by atoms with Gasteiger partial charge in [0, 0.05) is 0 Å². The monoisotopic (exact) mass is 324 g/mol. The molecule has 0 N–H and O–H groups in total. The van der Waals surface area contributed by atoms with E-state index in [0.29, 0.717) is 0 Å². The number of piperidine rings is 1. The van der Waals surface area contributed by atoms with E-state index in [1.165, 1.54) is 71.1 Å². The standard InChI is InChI=1S/C16H32N2.2ClH/c1-15-6-4-7-16(14-15)8-12-18(13-9-16)11-5-10-17(2)3;;/h15H,4-14H2,1-3H3;2*1H. The Bertz CT molecular complexity index is 251. The van der Waals surface area contributed by atoms with Crippen LogP contribution >= 0.6 is 24.8 Å². The number of hydrogen-bond donors (Lipinski definition) is 0. The SMILES string of the molecule is CC1CCCC2(CCN(CCCN(C)C)CC2)C1.Cl.Cl. The van der Waals surface area contributed by atoms with Crippen LogP contribution < -0.4 is 0 Å². The molecule has 0 bridgehead atoms. The van der Waals surface area contributed by atoms with Crippen molar-refractivity contribution in [3.05, 3.63) is 0 Å². The van der Waals surface area contributed by atoms with Crippen molar-refractivity contribution in [1.29, 1.82) is 0 Å². The number of likely N-dealkylation sites (tertiary alicyclic amines) is 1. The molecule has 1 spiro atoms. The smallest absolute Gasteiger partial charge is 0.000654 e. The molecular formula is C16H34Cl2N2. The Morgan fingerprint density at radius 3 is 2.30 bits per heavy atom. The van der Waals surface area contributed by atoms with E-state index >= 15 is 0 Å². The van der Waals surface area contributed by atoms with Gasteiger partial charge in [-0.05, 0) is 83.7 Å². The molecule has 1 saturated carbocycles. The molecule has 0 aromatic carbocycles. The predicted molar refractivity (Wildman–Crippen MR) is 93.4 cm³/mol. The summed E-state index contributed by atoms with van der Waals surface area (Å²) >= 11 is 0. The van der Waals surface area contributed by atoms with Crippen LogP contribution in [0.4, 0.5) is 0 Å². The van der Waals surface area contributed by atoms with Gasteiger partial charge < -0.3 is 9.80 Å². The van der Waals surface area contributed by atoms with E-state index in [0.717, 1.165) is 11.3 Å². The van der Waals surface area contributed by atoms with Gasteiger partial charge in [0.05, 0.1) is 0 Å². The molecule has 1 heterocycles. The van der Waals surface area contributed by atoms with Crippen molar-refractivity contribution >= 4 is 24.8 Å². The maximum absolute atomic E-state index is 2.70. The van der Waals surface area contributed by atoms with Crippen LogP contribution in [-0.4, -0.2) is 50.1 Å². The highest BCUT2D eigenvalue weighted by Gasteiger charge is 2.37. The Labute approximate surface area is 138 Å². The minimum atomic E-state index is 0. The molecule has 2 rings (SSSR count). The van der Waals surface area contributed by atoms with Crippen LogP contribution in [0.2, 0.25) is 0 Å². The largest absolute Gasteiger partial charge is 0.309 e. The summed E-state index contributed by atoms with van der Waals surface area (Å²) in [5, 5.41) is 0. The van der Waals surface area contributed by atoms with Crippen molar-refractivity contribution in [2.45, 2.75) is 51.9 Å². The Balaban J connectivity index is 0.00000180. The van der Waals surface area contributed by atoms with Gasteiger partial charge in [-0.2, -0.15) is 0 Å². The van der Waals surface area contributed by atoms with Gasteiger partial charge >= 0.3 is 0 Å². The molecule has 2 nitrogen and oxygen atoms in total. The summed E-state index contributed by atoms with van der Waals surface area (Å²) in [7, 11) is 4.35. The van der Waals surface area contributed by atoms with Crippen LogP contribution in [-0.2, 0) is 0 Å². The molecule has 122 valence electrons. The van der Waals surface area contributed by atoms with Crippen LogP contribution in [0.15, 0.2) is 0 Å². The second-order valence-electron chi connectivity index (χ2n) is 7.20. The van der Waals surface area contributed by atoms with Gasteiger partial charge in [0.25, 0.3) is 0 Å². The molecule has 2 aliphatic rings. The minimum absolute atomic E-state index is 0. The van der Waals surface area contributed by atoms with E-state index in [-0.39, 0.29) is 24.8 Å². The first-order chi connectivity index (χ1) is 8.60. The molecule has 4 heteroatoms. The van der Waals surface area contributed by atoms with Gasteiger partial charge in [-0.25, -0.2) is 0 Å². The van der Waals surface area contributed by atoms with Gasteiger partial charge in [0.1, 0.15) is 0 Å². The minimum Gasteiger partial charge on any atom is -0.309 e. The van der Waals surface area contributed by atoms with Crippen LogP contribution in [0, 0.1) is 11.3 Å². The quantitative estimate of drug-likeness (QED) is 0.769. The number of rotatable bonds is 4. The summed E-state index contributed by atoms with van der Waals surface area (Å²) in [5.41, 5.74) is 0.746. The van der Waals surface area contributed by atoms with Gasteiger partial charge in [-0.1, -0.05) is 19.8 Å². The highest BCUT2D eigenvalue weighted by Crippen LogP contribution is 2.46. The highest BCUT2D eigenvalue weighted by molar-refractivity contribution is 5.85. The van der Waals surface area contributed by atoms with Crippen molar-refractivity contribution < 1.29 is 0 Å². The third-order valence-electron chi connectivity index (χ3n) is 5.18. The van der Waals surface area contributed by atoms with Gasteiger partial charge in [0.2, 0.25) is 0 Å². The van der Waals surface area contributed by atoms with Crippen molar-refractivity contribution in [1.82, 2.24) is 9.80 Å². The lowest BCUT2D eigenvalue weighted by Gasteiger charge is -2.46. The normalized spacial score (nSPS) is 26.1. The van der Waals surface area contributed by atoms with E-state index < -0.39 is 0 Å². The van der Waals surface area contributed by atoms with E-state index in [2.05, 4.69) is 30.8 Å². The molecule has 2 fully saturated rings. The molecular weight excluding hydrogens is 291 g/mol. The third kappa shape index (κ3) is 6.09. The molecule has 20 heavy (non-hydrogen) atoms. The summed E-state index contributed by atoms with van der Waals surface area (Å²) in [5.74, 6) is 0.985. The summed E-state index contributed by atoms with van der Waals surface area (Å²) < 4.78 is 0. The first kappa shape index (κ1) is 20.5. The Kier molecular flexibility index (Phi) is 9.74. The Morgan fingerprint density at radius 1 is 1.10 bits per heavy atom. The van der Waals surface area contributed by atoms with E-state index in [9.17, 15) is 0 Å². The first-order valence-corrected chi connectivity index (χ1v) is 7.97. The maximum atomic E-state index is 2.70. The van der Waals surface area contributed by atoms with Crippen LogP contribution in [0.5, 0.6) is 0 Å². The first-order valence-electron chi connectivity index (χ1n) is 7.97. The van der Waals surface area contributed by atoms with E-state index in [4.69, 9.17) is 0 Å². The lowest BCUT2D eigenvalue weighted by atomic mass is 9.65. The van der Waals surface area contributed by atoms with Crippen molar-refractivity contribution in [2.75, 3.05) is 40.3 Å². The van der Waals surface area contributed by atoms with Crippen LogP contribution in [0.3, 0.4) is 0 Å². The maximum Gasteiger partial charge on any atom is -0.000654 e. The lowest BCUT2D eigenvalue weighted by molar-refractivity contribution is 0.0480. The second-order valence-corrected chi connectivity index (χ2v) is 7.20. The average Bonchev–Trinajstić information content (AvgIpc) is 2.31. The molecule has 0 radical (unpaired) electrons. The fraction of sp³-hybridized carbons (Fsp3) is 1.00. The average molecular weight is 325 g/mol.